The van der Waals surface area contributed by atoms with Crippen molar-refractivity contribution >= 4 is 23.2 Å². The highest BCUT2D eigenvalue weighted by Gasteiger charge is 2.45. The zero-order valence-electron chi connectivity index (χ0n) is 19.6. The van der Waals surface area contributed by atoms with Crippen LogP contribution in [-0.4, -0.2) is 20.4 Å². The van der Waals surface area contributed by atoms with Gasteiger partial charge in [0.25, 0.3) is 0 Å². The molecule has 0 heterocycles. The van der Waals surface area contributed by atoms with Crippen LogP contribution < -0.4 is 25.4 Å². The van der Waals surface area contributed by atoms with Crippen molar-refractivity contribution in [3.05, 3.63) is 115 Å². The molecule has 2 nitrogen and oxygen atoms in total. The molecule has 1 unspecified atom stereocenters. The predicted molar refractivity (Wildman–Crippen MR) is 143 cm³/mol. The number of methoxy groups -OCH3 is 2. The van der Waals surface area contributed by atoms with Crippen LogP contribution in [0.3, 0.4) is 0 Å². The summed E-state index contributed by atoms with van der Waals surface area (Å²) in [6, 6.07) is 39.3. The molecular formula is C30H32O2P+. The maximum atomic E-state index is 5.71. The molecule has 0 fully saturated rings. The molecule has 0 saturated heterocycles. The Balaban J connectivity index is 1.80. The summed E-state index contributed by atoms with van der Waals surface area (Å²) >= 11 is 0. The van der Waals surface area contributed by atoms with Gasteiger partial charge in [-0.1, -0.05) is 61.5 Å². The first-order chi connectivity index (χ1) is 16.2. The molecule has 33 heavy (non-hydrogen) atoms. The van der Waals surface area contributed by atoms with E-state index in [1.54, 1.807) is 14.2 Å². The zero-order valence-corrected chi connectivity index (χ0v) is 20.5. The molecule has 168 valence electrons. The summed E-state index contributed by atoms with van der Waals surface area (Å²) in [5.74, 6) is 2.12. The second-order valence-electron chi connectivity index (χ2n) is 8.34. The lowest BCUT2D eigenvalue weighted by Crippen LogP contribution is -2.33. The largest absolute Gasteiger partial charge is 0.497 e. The number of rotatable bonds is 9. The van der Waals surface area contributed by atoms with Crippen LogP contribution in [0.4, 0.5) is 0 Å². The third-order valence-corrected chi connectivity index (χ3v) is 10.9. The van der Waals surface area contributed by atoms with E-state index in [0.717, 1.165) is 24.1 Å². The smallest absolute Gasteiger partial charge is 0.122 e. The van der Waals surface area contributed by atoms with Gasteiger partial charge in [-0.25, -0.2) is 0 Å². The van der Waals surface area contributed by atoms with Gasteiger partial charge in [0, 0.05) is 5.56 Å². The van der Waals surface area contributed by atoms with Gasteiger partial charge in [0.2, 0.25) is 0 Å². The van der Waals surface area contributed by atoms with Gasteiger partial charge in [-0.3, -0.25) is 0 Å². The number of hydrogen-bond acceptors (Lipinski definition) is 2. The molecule has 0 aromatic heterocycles. The second kappa shape index (κ2) is 10.7. The van der Waals surface area contributed by atoms with Gasteiger partial charge in [0.15, 0.2) is 0 Å². The van der Waals surface area contributed by atoms with Gasteiger partial charge >= 0.3 is 0 Å². The fourth-order valence-electron chi connectivity index (χ4n) is 4.65. The standard InChI is InChI=1S/C30H32O2P/c1-24(29-23-25(31-2)19-20-30(29)32-3)21-22-33(26-13-7-4-8-14-26,27-15-9-5-10-16-27)28-17-11-6-12-18-28/h4-20,23-24H,21-22H2,1-3H3/q+1. The number of benzene rings is 4. The van der Waals surface area contributed by atoms with Crippen molar-refractivity contribution in [3.63, 3.8) is 0 Å². The predicted octanol–water partition coefficient (Wildman–Crippen LogP) is 6.19. The van der Waals surface area contributed by atoms with Crippen molar-refractivity contribution in [3.8, 4) is 11.5 Å². The first-order valence-electron chi connectivity index (χ1n) is 11.5. The fraction of sp³-hybridized carbons (Fsp3) is 0.200. The van der Waals surface area contributed by atoms with E-state index in [-0.39, 0.29) is 0 Å². The minimum Gasteiger partial charge on any atom is -0.497 e. The van der Waals surface area contributed by atoms with Crippen molar-refractivity contribution in [2.75, 3.05) is 20.4 Å². The lowest BCUT2D eigenvalue weighted by molar-refractivity contribution is 0.395. The summed E-state index contributed by atoms with van der Waals surface area (Å²) in [6.45, 7) is 2.30. The van der Waals surface area contributed by atoms with E-state index in [0.29, 0.717) is 5.92 Å². The highest BCUT2D eigenvalue weighted by Crippen LogP contribution is 2.56. The molecule has 0 bridgehead atoms. The van der Waals surface area contributed by atoms with E-state index in [4.69, 9.17) is 9.47 Å². The van der Waals surface area contributed by atoms with Crippen LogP contribution in [-0.2, 0) is 0 Å². The minimum absolute atomic E-state index is 0.325. The Labute approximate surface area is 198 Å². The highest BCUT2D eigenvalue weighted by molar-refractivity contribution is 7.95. The Kier molecular flexibility index (Phi) is 7.47. The summed E-state index contributed by atoms with van der Waals surface area (Å²) in [4.78, 5) is 0. The molecule has 4 aromatic carbocycles. The van der Waals surface area contributed by atoms with Crippen molar-refractivity contribution in [1.29, 1.82) is 0 Å². The monoisotopic (exact) mass is 455 g/mol. The highest BCUT2D eigenvalue weighted by atomic mass is 31.2. The minimum atomic E-state index is -1.84. The average molecular weight is 456 g/mol. The molecule has 0 saturated carbocycles. The van der Waals surface area contributed by atoms with Crippen LogP contribution in [0.5, 0.6) is 11.5 Å². The lowest BCUT2D eigenvalue weighted by atomic mass is 9.97. The van der Waals surface area contributed by atoms with Crippen LogP contribution >= 0.6 is 7.26 Å². The third kappa shape index (κ3) is 4.82. The van der Waals surface area contributed by atoms with E-state index in [1.807, 2.05) is 12.1 Å². The van der Waals surface area contributed by atoms with Crippen molar-refractivity contribution in [2.24, 2.45) is 0 Å². The maximum Gasteiger partial charge on any atom is 0.122 e. The SMILES string of the molecule is COc1ccc(OC)c(C(C)CC[P+](c2ccccc2)(c2ccccc2)c2ccccc2)c1. The Hall–Kier alpha value is -3.09. The van der Waals surface area contributed by atoms with Crippen molar-refractivity contribution in [2.45, 2.75) is 19.3 Å². The molecule has 0 amide bonds. The van der Waals surface area contributed by atoms with Gasteiger partial charge in [-0.05, 0) is 66.9 Å². The van der Waals surface area contributed by atoms with Gasteiger partial charge in [0.05, 0.1) is 20.4 Å². The molecule has 0 spiro atoms. The first kappa shape index (κ1) is 23.1. The molecule has 4 aromatic rings. The molecule has 0 aliphatic carbocycles. The van der Waals surface area contributed by atoms with Gasteiger partial charge < -0.3 is 9.47 Å². The fourth-order valence-corrected chi connectivity index (χ4v) is 9.14. The van der Waals surface area contributed by atoms with Crippen LogP contribution in [0.25, 0.3) is 0 Å². The molecule has 0 N–H and O–H groups in total. The average Bonchev–Trinajstić information content (AvgIpc) is 2.90. The van der Waals surface area contributed by atoms with Crippen molar-refractivity contribution < 1.29 is 9.47 Å². The van der Waals surface area contributed by atoms with Crippen LogP contribution in [0, 0.1) is 0 Å². The molecule has 0 aliphatic heterocycles. The van der Waals surface area contributed by atoms with E-state index < -0.39 is 7.26 Å². The normalized spacial score (nSPS) is 12.2. The summed E-state index contributed by atoms with van der Waals surface area (Å²) < 4.78 is 11.2. The maximum absolute atomic E-state index is 5.71. The first-order valence-corrected chi connectivity index (χ1v) is 13.4. The van der Waals surface area contributed by atoms with E-state index >= 15 is 0 Å². The quantitative estimate of drug-likeness (QED) is 0.280. The second-order valence-corrected chi connectivity index (χ2v) is 12.0. The Morgan fingerprint density at radius 1 is 0.636 bits per heavy atom. The number of hydrogen-bond donors (Lipinski definition) is 0. The molecule has 0 radical (unpaired) electrons. The topological polar surface area (TPSA) is 18.5 Å². The van der Waals surface area contributed by atoms with E-state index in [9.17, 15) is 0 Å². The van der Waals surface area contributed by atoms with Gasteiger partial charge in [0.1, 0.15) is 34.7 Å². The van der Waals surface area contributed by atoms with E-state index in [2.05, 4.69) is 104 Å². The Bertz CT molecular complexity index is 1050. The molecule has 3 heteroatoms. The molecule has 1 atom stereocenters. The van der Waals surface area contributed by atoms with Crippen molar-refractivity contribution in [1.82, 2.24) is 0 Å². The van der Waals surface area contributed by atoms with Crippen LogP contribution in [0.1, 0.15) is 24.8 Å². The summed E-state index contributed by atoms with van der Waals surface area (Å²) in [6.07, 6.45) is 2.11. The summed E-state index contributed by atoms with van der Waals surface area (Å²) in [5, 5.41) is 4.27. The Morgan fingerprint density at radius 3 is 1.55 bits per heavy atom. The summed E-state index contributed by atoms with van der Waals surface area (Å²) in [7, 11) is 1.62. The zero-order chi connectivity index (χ0) is 23.1. The van der Waals surface area contributed by atoms with E-state index in [1.165, 1.54) is 21.5 Å². The van der Waals surface area contributed by atoms with Crippen LogP contribution in [0.2, 0.25) is 0 Å². The third-order valence-electron chi connectivity index (χ3n) is 6.46. The van der Waals surface area contributed by atoms with Crippen LogP contribution in [0.15, 0.2) is 109 Å². The lowest BCUT2D eigenvalue weighted by Gasteiger charge is -2.29. The number of ether oxygens (including phenoxy) is 2. The molecule has 0 aliphatic rings. The van der Waals surface area contributed by atoms with Gasteiger partial charge in [-0.15, -0.1) is 0 Å². The van der Waals surface area contributed by atoms with Gasteiger partial charge in [-0.2, -0.15) is 0 Å². The molecule has 4 rings (SSSR count). The summed E-state index contributed by atoms with van der Waals surface area (Å²) in [5.41, 5.74) is 1.20. The Morgan fingerprint density at radius 2 is 1.12 bits per heavy atom. The molecular weight excluding hydrogens is 423 g/mol.